The van der Waals surface area contributed by atoms with Gasteiger partial charge in [0.05, 0.1) is 6.04 Å². The molecule has 5 amide bonds. The number of likely N-dealkylation sites (N-methyl/N-ethyl adjacent to an activating group) is 2. The highest BCUT2D eigenvalue weighted by molar-refractivity contribution is 8.76. The molecule has 3 rings (SSSR count). The van der Waals surface area contributed by atoms with Crippen molar-refractivity contribution in [1.29, 1.82) is 0 Å². The molecule has 1 saturated heterocycles. The average Bonchev–Trinajstić information content (AvgIpc) is 3.85. The molecule has 1 aromatic heterocycles. The van der Waals surface area contributed by atoms with E-state index in [4.69, 9.17) is 15.2 Å². The number of hydrazine groups is 1. The maximum atomic E-state index is 14.3. The molecule has 2 heterocycles. The summed E-state index contributed by atoms with van der Waals surface area (Å²) >= 11 is 1.14. The Morgan fingerprint density at radius 1 is 0.903 bits per heavy atom. The van der Waals surface area contributed by atoms with Crippen molar-refractivity contribution in [2.45, 2.75) is 175 Å². The van der Waals surface area contributed by atoms with Crippen LogP contribution in [0.1, 0.15) is 165 Å². The van der Waals surface area contributed by atoms with E-state index >= 15 is 0 Å². The van der Waals surface area contributed by atoms with Crippen LogP contribution in [0.2, 0.25) is 0 Å². The van der Waals surface area contributed by atoms with Gasteiger partial charge in [0, 0.05) is 55.3 Å². The number of carbonyl (C=O) groups excluding carboxylic acids is 6. The molecule has 2 unspecified atom stereocenters. The van der Waals surface area contributed by atoms with E-state index in [0.717, 1.165) is 67.8 Å². The number of unbranched alkanes of at least 4 members (excludes halogenated alkanes) is 8. The zero-order valence-electron chi connectivity index (χ0n) is 44.1. The number of rotatable bonds is 33. The Labute approximate surface area is 440 Å². The molecule has 0 aliphatic carbocycles. The maximum Gasteiger partial charge on any atom is 0.426 e. The minimum absolute atomic E-state index is 0.0583. The van der Waals surface area contributed by atoms with Crippen molar-refractivity contribution in [3.63, 3.8) is 0 Å². The first-order valence-electron chi connectivity index (χ1n) is 26.1. The molecule has 1 aliphatic rings. The quantitative estimate of drug-likeness (QED) is 0.0196. The Morgan fingerprint density at radius 3 is 2.18 bits per heavy atom. The van der Waals surface area contributed by atoms with Crippen LogP contribution in [0.5, 0.6) is 0 Å². The number of hydrogen-bond donors (Lipinski definition) is 5. The van der Waals surface area contributed by atoms with E-state index in [2.05, 4.69) is 26.5 Å². The molecule has 1 fully saturated rings. The molecule has 6 N–H and O–H groups in total. The molecule has 1 aromatic carbocycles. The van der Waals surface area contributed by atoms with Crippen molar-refractivity contribution in [2.75, 3.05) is 45.3 Å². The van der Waals surface area contributed by atoms with Crippen molar-refractivity contribution in [1.82, 2.24) is 36.3 Å². The fourth-order valence-electron chi connectivity index (χ4n) is 8.75. The second-order valence-electron chi connectivity index (χ2n) is 19.5. The van der Waals surface area contributed by atoms with E-state index < -0.39 is 59.8 Å². The van der Waals surface area contributed by atoms with Crippen LogP contribution in [0.15, 0.2) is 29.6 Å². The van der Waals surface area contributed by atoms with Crippen LogP contribution in [0, 0.1) is 23.6 Å². The average molecular weight is 1070 g/mol. The standard InChI is InChI=1S/C52H85FN8O8S3/c1-9-36(4)46(57-49(65)43-21-17-19-27-60(43)7)51(66)61(8)44(35(2)3)33-45(69-38(6)62)50-56-42(34-70-50)48(64)55-41(32-39-22-24-40(53)25-23-39)31-37(5)47(63)58-59-52(67)68-28-30-72-71-29-20-16-14-12-10-11-13-15-18-26-54/h22-25,34-37,41,43-46H,9-21,26-33,54H2,1-8H3,(H,55,64)(H,57,65)(H,58,63)(H,59,67)/t36-,37-,41+,43?,44+,45+,46?/m0/s1. The highest BCUT2D eigenvalue weighted by Gasteiger charge is 2.37. The number of nitrogens with zero attached hydrogens (tertiary/aromatic N) is 3. The number of aromatic nitrogens is 1. The van der Waals surface area contributed by atoms with Crippen molar-refractivity contribution in [3.8, 4) is 0 Å². The summed E-state index contributed by atoms with van der Waals surface area (Å²) in [5, 5.41) is 7.99. The first kappa shape index (κ1) is 62.3. The van der Waals surface area contributed by atoms with Crippen molar-refractivity contribution in [2.24, 2.45) is 23.5 Å². The molecule has 0 radical (unpaired) electrons. The van der Waals surface area contributed by atoms with Crippen LogP contribution in [0.25, 0.3) is 0 Å². The maximum absolute atomic E-state index is 14.3. The summed E-state index contributed by atoms with van der Waals surface area (Å²) in [7, 11) is 7.04. The van der Waals surface area contributed by atoms with Crippen LogP contribution < -0.4 is 27.2 Å². The van der Waals surface area contributed by atoms with Gasteiger partial charge in [0.25, 0.3) is 5.91 Å². The largest absolute Gasteiger partial charge is 0.455 e. The number of nitrogens with two attached hydrogens (primary N) is 1. The zero-order chi connectivity index (χ0) is 53.0. The first-order chi connectivity index (χ1) is 34.4. The first-order valence-corrected chi connectivity index (χ1v) is 29.4. The van der Waals surface area contributed by atoms with Crippen molar-refractivity contribution in [3.05, 3.63) is 51.7 Å². The molecule has 72 heavy (non-hydrogen) atoms. The zero-order valence-corrected chi connectivity index (χ0v) is 46.6. The fraction of sp³-hybridized carbons (Fsp3) is 0.712. The number of halogens is 1. The Morgan fingerprint density at radius 2 is 1.56 bits per heavy atom. The summed E-state index contributed by atoms with van der Waals surface area (Å²) in [5.74, 6) is -1.72. The normalized spacial score (nSPS) is 16.4. The van der Waals surface area contributed by atoms with E-state index in [1.165, 1.54) is 64.0 Å². The third-order valence-electron chi connectivity index (χ3n) is 13.3. The molecule has 406 valence electrons. The van der Waals surface area contributed by atoms with Gasteiger partial charge in [-0.2, -0.15) is 0 Å². The monoisotopic (exact) mass is 1060 g/mol. The lowest BCUT2D eigenvalue weighted by molar-refractivity contribution is -0.149. The van der Waals surface area contributed by atoms with Gasteiger partial charge < -0.3 is 30.7 Å². The van der Waals surface area contributed by atoms with E-state index in [1.54, 1.807) is 58.0 Å². The second kappa shape index (κ2) is 34.5. The van der Waals surface area contributed by atoms with Crippen LogP contribution in [0.4, 0.5) is 9.18 Å². The van der Waals surface area contributed by atoms with Gasteiger partial charge in [-0.3, -0.25) is 34.3 Å². The molecular weight excluding hydrogens is 980 g/mol. The number of nitrogens with one attached hydrogen (secondary N) is 4. The Bertz CT molecular complexity index is 1950. The van der Waals surface area contributed by atoms with Gasteiger partial charge in [0.1, 0.15) is 29.2 Å². The number of hydrogen-bond acceptors (Lipinski definition) is 14. The van der Waals surface area contributed by atoms with Gasteiger partial charge >= 0.3 is 12.1 Å². The number of likely N-dealkylation sites (tertiary alicyclic amines) is 1. The van der Waals surface area contributed by atoms with E-state index in [1.807, 2.05) is 39.6 Å². The van der Waals surface area contributed by atoms with Gasteiger partial charge in [-0.25, -0.2) is 19.6 Å². The number of carbonyl (C=O) groups is 6. The number of thiazole rings is 1. The molecule has 0 bridgehead atoms. The topological polar surface area (TPSA) is 214 Å². The third kappa shape index (κ3) is 23.1. The highest BCUT2D eigenvalue weighted by Crippen LogP contribution is 2.31. The molecule has 1 aliphatic heterocycles. The second-order valence-corrected chi connectivity index (χ2v) is 23.1. The summed E-state index contributed by atoms with van der Waals surface area (Å²) in [4.78, 5) is 88.2. The van der Waals surface area contributed by atoms with Crippen LogP contribution in [-0.4, -0.2) is 120 Å². The van der Waals surface area contributed by atoms with Crippen molar-refractivity contribution >= 4 is 68.6 Å². The minimum Gasteiger partial charge on any atom is -0.455 e. The lowest BCUT2D eigenvalue weighted by atomic mass is 9.92. The SMILES string of the molecule is CC[C@H](C)C(NC(=O)C1CCCCN1C)C(=O)N(C)[C@H](C[C@@H](OC(C)=O)c1nc(C(=O)N[C@@H](Cc2ccc(F)cc2)C[C@H](C)C(=O)NNC(=O)OCCSSCCCCCCCCCCCN)cs1)C(C)C. The van der Waals surface area contributed by atoms with E-state index in [9.17, 15) is 33.2 Å². The van der Waals surface area contributed by atoms with Gasteiger partial charge in [0.15, 0.2) is 6.10 Å². The van der Waals surface area contributed by atoms with Crippen LogP contribution in [-0.2, 0) is 35.1 Å². The summed E-state index contributed by atoms with van der Waals surface area (Å²) in [6.45, 7) is 12.6. The predicted molar refractivity (Wildman–Crippen MR) is 288 cm³/mol. The molecular formula is C52H85FN8O8S3. The molecule has 20 heteroatoms. The smallest absolute Gasteiger partial charge is 0.426 e. The van der Waals surface area contributed by atoms with Gasteiger partial charge in [-0.15, -0.1) is 11.3 Å². The van der Waals surface area contributed by atoms with Gasteiger partial charge in [0.2, 0.25) is 17.7 Å². The lowest BCUT2D eigenvalue weighted by Gasteiger charge is -2.38. The van der Waals surface area contributed by atoms with E-state index in [0.29, 0.717) is 17.2 Å². The number of piperidine rings is 1. The summed E-state index contributed by atoms with van der Waals surface area (Å²) in [6, 6.07) is 3.71. The van der Waals surface area contributed by atoms with Crippen LogP contribution >= 0.6 is 32.9 Å². The Balaban J connectivity index is 1.59. The Kier molecular flexibility index (Phi) is 29.9. The number of amides is 5. The number of benzene rings is 1. The Hall–Kier alpha value is -3.98. The molecule has 0 saturated carbocycles. The highest BCUT2D eigenvalue weighted by atomic mass is 33.1. The van der Waals surface area contributed by atoms with Gasteiger partial charge in [-0.05, 0) is 88.2 Å². The summed E-state index contributed by atoms with van der Waals surface area (Å²) < 4.78 is 24.9. The fourth-order valence-corrected chi connectivity index (χ4v) is 11.6. The van der Waals surface area contributed by atoms with Crippen LogP contribution in [0.3, 0.4) is 0 Å². The molecule has 7 atom stereocenters. The lowest BCUT2D eigenvalue weighted by Crippen LogP contribution is -2.58. The molecule has 16 nitrogen and oxygen atoms in total. The number of esters is 1. The summed E-state index contributed by atoms with van der Waals surface area (Å²) in [5.41, 5.74) is 11.1. The summed E-state index contributed by atoms with van der Waals surface area (Å²) in [6.07, 6.45) is 13.3. The van der Waals surface area contributed by atoms with Crippen molar-refractivity contribution < 1.29 is 42.6 Å². The number of ether oxygens (including phenoxy) is 2. The minimum atomic E-state index is -0.906. The third-order valence-corrected chi connectivity index (χ3v) is 16.7. The molecule has 0 spiro atoms. The van der Waals surface area contributed by atoms with E-state index in [-0.39, 0.29) is 61.3 Å². The molecule has 2 aromatic rings. The van der Waals surface area contributed by atoms with Gasteiger partial charge in [-0.1, -0.05) is 126 Å². The predicted octanol–water partition coefficient (Wildman–Crippen LogP) is 8.75.